The van der Waals surface area contributed by atoms with Gasteiger partial charge in [0, 0.05) is 0 Å². The maximum absolute atomic E-state index is 12.5. The Morgan fingerprint density at radius 3 is 1.18 bits per heavy atom. The van der Waals surface area contributed by atoms with Gasteiger partial charge in [0.1, 0.15) is 12.2 Å². The number of hydrogen-bond donors (Lipinski definition) is 5. The number of nitrogens with one attached hydrogen (secondary N) is 1. The van der Waals surface area contributed by atoms with Crippen LogP contribution in [0.4, 0.5) is 0 Å². The molecule has 5 N–H and O–H groups in total. The highest BCUT2D eigenvalue weighted by atomic mass is 16.3. The van der Waals surface area contributed by atoms with Crippen LogP contribution in [0.5, 0.6) is 0 Å². The van der Waals surface area contributed by atoms with E-state index in [9.17, 15) is 25.2 Å². The average Bonchev–Trinajstić information content (AvgIpc) is 3.13. The zero-order chi connectivity index (χ0) is 37.5. The van der Waals surface area contributed by atoms with E-state index < -0.39 is 36.9 Å². The van der Waals surface area contributed by atoms with Crippen molar-refractivity contribution in [2.45, 2.75) is 263 Å². The zero-order valence-corrected chi connectivity index (χ0v) is 34.1. The van der Waals surface area contributed by atoms with E-state index in [1.165, 1.54) is 173 Å². The second-order valence-corrected chi connectivity index (χ2v) is 15.8. The SMILES string of the molecule is CCCCCC/C=C/CCCC(O)C(O)C(CO)NC(=O)C(O)CCCCCCCCCCCCCCCCCCCCCCCCCCCC. The van der Waals surface area contributed by atoms with Gasteiger partial charge in [-0.1, -0.05) is 212 Å². The molecule has 51 heavy (non-hydrogen) atoms. The lowest BCUT2D eigenvalue weighted by Gasteiger charge is -2.27. The highest BCUT2D eigenvalue weighted by molar-refractivity contribution is 5.80. The normalized spacial score (nSPS) is 14.2. The molecule has 0 aromatic carbocycles. The van der Waals surface area contributed by atoms with E-state index in [0.717, 1.165) is 38.5 Å². The van der Waals surface area contributed by atoms with Crippen LogP contribution in [0.15, 0.2) is 12.2 Å². The Bertz CT molecular complexity index is 731. The molecule has 0 aromatic rings. The number of allylic oxidation sites excluding steroid dienone is 2. The molecule has 0 aliphatic carbocycles. The summed E-state index contributed by atoms with van der Waals surface area (Å²) in [5.41, 5.74) is 0. The lowest BCUT2D eigenvalue weighted by atomic mass is 10.00. The first-order valence-corrected chi connectivity index (χ1v) is 22.6. The van der Waals surface area contributed by atoms with E-state index in [4.69, 9.17) is 0 Å². The van der Waals surface area contributed by atoms with Gasteiger partial charge in [0.15, 0.2) is 0 Å². The number of unbranched alkanes of at least 4 members (excludes halogenated alkanes) is 30. The van der Waals surface area contributed by atoms with Crippen LogP contribution in [0.1, 0.15) is 239 Å². The van der Waals surface area contributed by atoms with Crippen molar-refractivity contribution in [3.63, 3.8) is 0 Å². The summed E-state index contributed by atoms with van der Waals surface area (Å²) in [5, 5.41) is 43.4. The third-order valence-corrected chi connectivity index (χ3v) is 10.7. The molecule has 4 atom stereocenters. The third kappa shape index (κ3) is 34.6. The van der Waals surface area contributed by atoms with E-state index in [0.29, 0.717) is 12.8 Å². The Hall–Kier alpha value is -0.950. The maximum Gasteiger partial charge on any atom is 0.249 e. The third-order valence-electron chi connectivity index (χ3n) is 10.7. The second-order valence-electron chi connectivity index (χ2n) is 15.8. The van der Waals surface area contributed by atoms with Gasteiger partial charge in [-0.05, 0) is 38.5 Å². The summed E-state index contributed by atoms with van der Waals surface area (Å²) in [7, 11) is 0. The van der Waals surface area contributed by atoms with Crippen molar-refractivity contribution < 1.29 is 25.2 Å². The predicted molar refractivity (Wildman–Crippen MR) is 219 cm³/mol. The number of aliphatic hydroxyl groups excluding tert-OH is 4. The molecule has 0 aliphatic rings. The van der Waals surface area contributed by atoms with Crippen LogP contribution in [0.2, 0.25) is 0 Å². The Balaban J connectivity index is 3.59. The van der Waals surface area contributed by atoms with E-state index in [1.807, 2.05) is 0 Å². The molecule has 0 heterocycles. The van der Waals surface area contributed by atoms with Crippen molar-refractivity contribution in [3.8, 4) is 0 Å². The van der Waals surface area contributed by atoms with Gasteiger partial charge in [-0.25, -0.2) is 0 Å². The summed E-state index contributed by atoms with van der Waals surface area (Å²) in [6.45, 7) is 4.00. The average molecular weight is 724 g/mol. The molecule has 4 unspecified atom stereocenters. The molecule has 1 amide bonds. The zero-order valence-electron chi connectivity index (χ0n) is 34.1. The maximum atomic E-state index is 12.5. The van der Waals surface area contributed by atoms with Crippen LogP contribution in [0, 0.1) is 0 Å². The lowest BCUT2D eigenvalue weighted by molar-refractivity contribution is -0.132. The minimum absolute atomic E-state index is 0.368. The molecular formula is C45H89NO5. The topological polar surface area (TPSA) is 110 Å². The molecule has 0 saturated carbocycles. The molecule has 0 aromatic heterocycles. The van der Waals surface area contributed by atoms with Crippen molar-refractivity contribution in [3.05, 3.63) is 12.2 Å². The molecule has 6 heteroatoms. The smallest absolute Gasteiger partial charge is 0.249 e. The minimum Gasteiger partial charge on any atom is -0.394 e. The van der Waals surface area contributed by atoms with Crippen LogP contribution < -0.4 is 5.32 Å². The highest BCUT2D eigenvalue weighted by Crippen LogP contribution is 2.17. The first-order chi connectivity index (χ1) is 25.0. The monoisotopic (exact) mass is 724 g/mol. The molecule has 0 aliphatic heterocycles. The fourth-order valence-electron chi connectivity index (χ4n) is 7.11. The molecule has 0 saturated heterocycles. The first-order valence-electron chi connectivity index (χ1n) is 22.6. The quantitative estimate of drug-likeness (QED) is 0.0319. The minimum atomic E-state index is -1.28. The Morgan fingerprint density at radius 1 is 0.471 bits per heavy atom. The number of aliphatic hydroxyl groups is 4. The van der Waals surface area contributed by atoms with Gasteiger partial charge in [0.2, 0.25) is 5.91 Å². The largest absolute Gasteiger partial charge is 0.394 e. The summed E-state index contributed by atoms with van der Waals surface area (Å²) >= 11 is 0. The summed E-state index contributed by atoms with van der Waals surface area (Å²) < 4.78 is 0. The molecule has 0 rings (SSSR count). The van der Waals surface area contributed by atoms with Crippen LogP contribution in [0.25, 0.3) is 0 Å². The van der Waals surface area contributed by atoms with Crippen molar-refractivity contribution in [1.82, 2.24) is 5.32 Å². The lowest BCUT2D eigenvalue weighted by Crippen LogP contribution is -2.53. The van der Waals surface area contributed by atoms with Crippen molar-refractivity contribution in [2.24, 2.45) is 0 Å². The molecule has 0 bridgehead atoms. The number of amides is 1. The Morgan fingerprint density at radius 2 is 0.804 bits per heavy atom. The number of rotatable bonds is 41. The highest BCUT2D eigenvalue weighted by Gasteiger charge is 2.28. The van der Waals surface area contributed by atoms with Gasteiger partial charge in [-0.3, -0.25) is 4.79 Å². The molecular weight excluding hydrogens is 634 g/mol. The summed E-state index contributed by atoms with van der Waals surface area (Å²) in [4.78, 5) is 12.5. The Kier molecular flexibility index (Phi) is 39.5. The second kappa shape index (κ2) is 40.2. The van der Waals surface area contributed by atoms with Gasteiger partial charge in [-0.2, -0.15) is 0 Å². The fraction of sp³-hybridized carbons (Fsp3) is 0.933. The first kappa shape index (κ1) is 50.1. The van der Waals surface area contributed by atoms with Gasteiger partial charge in [0.25, 0.3) is 0 Å². The van der Waals surface area contributed by atoms with Gasteiger partial charge in [0.05, 0.1) is 18.8 Å². The molecule has 0 fully saturated rings. The number of carbonyl (C=O) groups is 1. The van der Waals surface area contributed by atoms with Gasteiger partial charge >= 0.3 is 0 Å². The van der Waals surface area contributed by atoms with Crippen molar-refractivity contribution >= 4 is 5.91 Å². The molecule has 6 nitrogen and oxygen atoms in total. The van der Waals surface area contributed by atoms with E-state index >= 15 is 0 Å². The van der Waals surface area contributed by atoms with E-state index in [-0.39, 0.29) is 0 Å². The van der Waals surface area contributed by atoms with Crippen molar-refractivity contribution in [1.29, 1.82) is 0 Å². The van der Waals surface area contributed by atoms with Crippen LogP contribution in [0.3, 0.4) is 0 Å². The fourth-order valence-corrected chi connectivity index (χ4v) is 7.11. The predicted octanol–water partition coefficient (Wildman–Crippen LogP) is 11.8. The van der Waals surface area contributed by atoms with Crippen molar-refractivity contribution in [2.75, 3.05) is 6.61 Å². The van der Waals surface area contributed by atoms with Crippen LogP contribution in [-0.4, -0.2) is 57.3 Å². The summed E-state index contributed by atoms with van der Waals surface area (Å²) in [6, 6.07) is -0.995. The van der Waals surface area contributed by atoms with E-state index in [2.05, 4.69) is 31.3 Å². The standard InChI is InChI=1S/C45H89NO5/c1-3-5-7-9-11-13-14-15-16-17-18-19-20-21-22-23-24-25-26-27-28-29-31-33-35-37-39-43(49)45(51)46-41(40-47)44(50)42(48)38-36-34-32-30-12-10-8-6-4-2/h30,32,41-44,47-50H,3-29,31,33-40H2,1-2H3,(H,46,51)/b32-30+. The molecule has 0 radical (unpaired) electrons. The molecule has 0 spiro atoms. The van der Waals surface area contributed by atoms with Crippen LogP contribution >= 0.6 is 0 Å². The van der Waals surface area contributed by atoms with E-state index in [1.54, 1.807) is 0 Å². The summed E-state index contributed by atoms with van der Waals surface area (Å²) in [6.07, 6.45) is 44.2. The number of carbonyl (C=O) groups excluding carboxylic acids is 1. The summed E-state index contributed by atoms with van der Waals surface area (Å²) in [5.74, 6) is -0.592. The van der Waals surface area contributed by atoms with Crippen LogP contribution in [-0.2, 0) is 4.79 Å². The number of hydrogen-bond acceptors (Lipinski definition) is 5. The van der Waals surface area contributed by atoms with Gasteiger partial charge in [-0.15, -0.1) is 0 Å². The molecule has 304 valence electrons. The van der Waals surface area contributed by atoms with Gasteiger partial charge < -0.3 is 25.7 Å². The Labute approximate surface area is 317 Å².